The molecule has 4 heteroatoms. The fourth-order valence-corrected chi connectivity index (χ4v) is 1.86. The number of carbonyl (C=O) groups excluding carboxylic acids is 2. The molecule has 0 aliphatic rings. The van der Waals surface area contributed by atoms with Crippen molar-refractivity contribution in [3.05, 3.63) is 66.0 Å². The molecule has 0 fully saturated rings. The predicted octanol–water partition coefficient (Wildman–Crippen LogP) is 1.52. The third kappa shape index (κ3) is 2.85. The smallest absolute Gasteiger partial charge is 0.254 e. The highest BCUT2D eigenvalue weighted by molar-refractivity contribution is 5.97. The average molecular weight is 255 g/mol. The monoisotopic (exact) mass is 255 g/mol. The van der Waals surface area contributed by atoms with E-state index in [1.807, 2.05) is 18.2 Å². The third-order valence-electron chi connectivity index (χ3n) is 2.99. The van der Waals surface area contributed by atoms with Crippen molar-refractivity contribution in [1.82, 2.24) is 0 Å². The zero-order valence-electron chi connectivity index (χ0n) is 10.6. The Hall–Kier alpha value is -2.49. The van der Waals surface area contributed by atoms with Crippen molar-refractivity contribution in [1.29, 1.82) is 0 Å². The van der Waals surface area contributed by atoms with Crippen molar-refractivity contribution in [3.63, 3.8) is 0 Å². The molecule has 0 aliphatic heterocycles. The molecular formula is C15H15N2O2+. The Morgan fingerprint density at radius 2 is 1.68 bits per heavy atom. The number of pyridine rings is 1. The van der Waals surface area contributed by atoms with Crippen LogP contribution < -0.4 is 10.3 Å². The first-order chi connectivity index (χ1) is 9.09. The molecule has 96 valence electrons. The van der Waals surface area contributed by atoms with Crippen molar-refractivity contribution >= 4 is 11.7 Å². The number of hydrogen-bond acceptors (Lipinski definition) is 2. The maximum Gasteiger partial charge on any atom is 0.254 e. The molecule has 1 aromatic carbocycles. The maximum absolute atomic E-state index is 12.3. The minimum absolute atomic E-state index is 0.00720. The van der Waals surface area contributed by atoms with E-state index in [0.29, 0.717) is 11.1 Å². The van der Waals surface area contributed by atoms with Gasteiger partial charge in [-0.15, -0.1) is 0 Å². The van der Waals surface area contributed by atoms with Crippen LogP contribution in [0.5, 0.6) is 0 Å². The summed E-state index contributed by atoms with van der Waals surface area (Å²) in [5, 5.41) is 0. The van der Waals surface area contributed by atoms with Gasteiger partial charge in [0.1, 0.15) is 5.56 Å². The van der Waals surface area contributed by atoms with E-state index in [1.54, 1.807) is 48.1 Å². The summed E-state index contributed by atoms with van der Waals surface area (Å²) in [6.07, 6.45) is 3.34. The van der Waals surface area contributed by atoms with E-state index in [9.17, 15) is 9.59 Å². The lowest BCUT2D eigenvalue weighted by Gasteiger charge is -2.06. The van der Waals surface area contributed by atoms with Gasteiger partial charge in [-0.2, -0.15) is 4.57 Å². The van der Waals surface area contributed by atoms with Crippen LogP contribution in [0.2, 0.25) is 0 Å². The molecule has 4 nitrogen and oxygen atoms in total. The lowest BCUT2D eigenvalue weighted by Crippen LogP contribution is -2.42. The van der Waals surface area contributed by atoms with Crippen LogP contribution in [-0.2, 0) is 0 Å². The average Bonchev–Trinajstić information content (AvgIpc) is 2.46. The quantitative estimate of drug-likeness (QED) is 0.665. The normalized spacial score (nSPS) is 11.8. The van der Waals surface area contributed by atoms with Crippen molar-refractivity contribution in [2.75, 3.05) is 0 Å². The fraction of sp³-hybridized carbons (Fsp3) is 0.133. The van der Waals surface area contributed by atoms with Gasteiger partial charge < -0.3 is 5.73 Å². The van der Waals surface area contributed by atoms with E-state index in [-0.39, 0.29) is 11.8 Å². The van der Waals surface area contributed by atoms with Crippen LogP contribution in [0, 0.1) is 0 Å². The Morgan fingerprint density at radius 3 is 2.32 bits per heavy atom. The second kappa shape index (κ2) is 5.44. The number of Topliss-reactive ketones (excluding diaryl/α,β-unsaturated/α-hetero) is 1. The molecule has 1 heterocycles. The van der Waals surface area contributed by atoms with Gasteiger partial charge in [0.05, 0.1) is 0 Å². The first-order valence-electron chi connectivity index (χ1n) is 5.99. The Morgan fingerprint density at radius 1 is 1.05 bits per heavy atom. The number of hydrogen-bond donors (Lipinski definition) is 1. The Labute approximate surface area is 111 Å². The largest absolute Gasteiger partial charge is 0.365 e. The van der Waals surface area contributed by atoms with Crippen molar-refractivity contribution < 1.29 is 14.2 Å². The van der Waals surface area contributed by atoms with Gasteiger partial charge in [-0.25, -0.2) is 0 Å². The second-order valence-corrected chi connectivity index (χ2v) is 4.31. The minimum Gasteiger partial charge on any atom is -0.365 e. The molecule has 2 aromatic rings. The number of aromatic nitrogens is 1. The summed E-state index contributed by atoms with van der Waals surface area (Å²) in [6.45, 7) is 1.79. The molecule has 0 aliphatic carbocycles. The molecule has 0 radical (unpaired) electrons. The number of amides is 1. The molecule has 0 saturated carbocycles. The van der Waals surface area contributed by atoms with Crippen LogP contribution in [-0.4, -0.2) is 11.7 Å². The van der Waals surface area contributed by atoms with Crippen LogP contribution in [0.1, 0.15) is 33.7 Å². The Kier molecular flexibility index (Phi) is 3.71. The number of rotatable bonds is 4. The molecule has 1 amide bonds. The predicted molar refractivity (Wildman–Crippen MR) is 70.6 cm³/mol. The molecule has 0 unspecified atom stereocenters. The van der Waals surface area contributed by atoms with E-state index in [1.165, 1.54) is 0 Å². The lowest BCUT2D eigenvalue weighted by atomic mass is 10.1. The van der Waals surface area contributed by atoms with E-state index in [4.69, 9.17) is 5.73 Å². The van der Waals surface area contributed by atoms with E-state index < -0.39 is 5.91 Å². The summed E-state index contributed by atoms with van der Waals surface area (Å²) in [5.41, 5.74) is 6.26. The standard InChI is InChI=1S/C15H14N2O2/c1-11(14(18)12-6-3-2-4-7-12)17-9-5-8-13(10-17)15(16)19/h2-11H,1H3,(H-,16,19)/p+1/t11-/m0/s1. The van der Waals surface area contributed by atoms with Crippen LogP contribution >= 0.6 is 0 Å². The Bertz CT molecular complexity index is 609. The number of carbonyl (C=O) groups is 2. The van der Waals surface area contributed by atoms with Gasteiger partial charge in [0.25, 0.3) is 5.91 Å². The highest BCUT2D eigenvalue weighted by atomic mass is 16.1. The molecule has 19 heavy (non-hydrogen) atoms. The summed E-state index contributed by atoms with van der Waals surface area (Å²) in [4.78, 5) is 23.4. The van der Waals surface area contributed by atoms with Crippen molar-refractivity contribution in [2.45, 2.75) is 13.0 Å². The highest BCUT2D eigenvalue weighted by Crippen LogP contribution is 2.08. The number of benzene rings is 1. The number of ketones is 1. The summed E-state index contributed by atoms with van der Waals surface area (Å²) in [7, 11) is 0. The van der Waals surface area contributed by atoms with Crippen molar-refractivity contribution in [2.24, 2.45) is 5.73 Å². The Balaban J connectivity index is 2.29. The molecule has 1 atom stereocenters. The van der Waals surface area contributed by atoms with Gasteiger partial charge in [0.2, 0.25) is 11.8 Å². The molecule has 0 bridgehead atoms. The minimum atomic E-state index is -0.506. The van der Waals surface area contributed by atoms with Gasteiger partial charge in [0, 0.05) is 18.6 Å². The summed E-state index contributed by atoms with van der Waals surface area (Å²) in [6, 6.07) is 12.0. The van der Waals surface area contributed by atoms with E-state index >= 15 is 0 Å². The molecule has 0 spiro atoms. The highest BCUT2D eigenvalue weighted by Gasteiger charge is 2.23. The van der Waals surface area contributed by atoms with Gasteiger partial charge in [0.15, 0.2) is 12.4 Å². The van der Waals surface area contributed by atoms with E-state index in [0.717, 1.165) is 0 Å². The van der Waals surface area contributed by atoms with Gasteiger partial charge in [-0.1, -0.05) is 30.3 Å². The number of nitrogens with two attached hydrogens (primary N) is 1. The van der Waals surface area contributed by atoms with Gasteiger partial charge >= 0.3 is 0 Å². The zero-order valence-corrected chi connectivity index (χ0v) is 10.6. The zero-order chi connectivity index (χ0) is 13.8. The first kappa shape index (κ1) is 13.0. The SMILES string of the molecule is C[C@@H](C(=O)c1ccccc1)[n+]1cccc(C(N)=O)c1. The third-order valence-corrected chi connectivity index (χ3v) is 2.99. The number of nitrogens with zero attached hydrogens (tertiary/aromatic N) is 1. The second-order valence-electron chi connectivity index (χ2n) is 4.31. The van der Waals surface area contributed by atoms with Gasteiger partial charge in [-0.3, -0.25) is 9.59 Å². The lowest BCUT2D eigenvalue weighted by molar-refractivity contribution is -0.704. The molecule has 2 rings (SSSR count). The maximum atomic E-state index is 12.3. The van der Waals surface area contributed by atoms with Gasteiger partial charge in [-0.05, 0) is 6.07 Å². The number of primary amides is 1. The first-order valence-corrected chi connectivity index (χ1v) is 5.99. The fourth-order valence-electron chi connectivity index (χ4n) is 1.86. The van der Waals surface area contributed by atoms with Crippen LogP contribution in [0.25, 0.3) is 0 Å². The topological polar surface area (TPSA) is 64.0 Å². The molecular weight excluding hydrogens is 240 g/mol. The van der Waals surface area contributed by atoms with Crippen molar-refractivity contribution in [3.8, 4) is 0 Å². The summed E-state index contributed by atoms with van der Waals surface area (Å²) < 4.78 is 1.69. The molecule has 0 saturated heterocycles. The van der Waals surface area contributed by atoms with Crippen LogP contribution in [0.15, 0.2) is 54.9 Å². The van der Waals surface area contributed by atoms with Crippen LogP contribution in [0.3, 0.4) is 0 Å². The molecule has 1 aromatic heterocycles. The summed E-state index contributed by atoms with van der Waals surface area (Å²) in [5.74, 6) is -0.513. The van der Waals surface area contributed by atoms with Crippen LogP contribution in [0.4, 0.5) is 0 Å². The summed E-state index contributed by atoms with van der Waals surface area (Å²) >= 11 is 0. The molecule has 2 N–H and O–H groups in total. The van der Waals surface area contributed by atoms with E-state index in [2.05, 4.69) is 0 Å².